The molecule has 2 unspecified atom stereocenters. The number of anilines is 1. The smallest absolute Gasteiger partial charge is 0.227 e. The Bertz CT molecular complexity index is 1120. The minimum atomic E-state index is -1.47. The highest BCUT2D eigenvalue weighted by Gasteiger charge is 2.51. The second-order valence-electron chi connectivity index (χ2n) is 9.04. The average Bonchev–Trinajstić information content (AvgIpc) is 3.23. The summed E-state index contributed by atoms with van der Waals surface area (Å²) in [6.07, 6.45) is 4.18. The van der Waals surface area contributed by atoms with E-state index in [0.29, 0.717) is 23.6 Å². The SMILES string of the molecule is O=C(CC1(F)C[C@H]2CC(c3ccnc4ccc(F)cc34)C[C@H]2C1)Nc1ccc(Cl)cc1. The number of nitrogens with one attached hydrogen (secondary N) is 1. The number of nitrogens with zero attached hydrogens (tertiary/aromatic N) is 1. The van der Waals surface area contributed by atoms with Crippen molar-refractivity contribution in [3.8, 4) is 0 Å². The van der Waals surface area contributed by atoms with E-state index >= 15 is 4.39 Å². The third-order valence-corrected chi connectivity index (χ3v) is 7.13. The van der Waals surface area contributed by atoms with Gasteiger partial charge in [0.15, 0.2) is 0 Å². The average molecular weight is 441 g/mol. The number of pyridine rings is 1. The second kappa shape index (κ2) is 7.86. The van der Waals surface area contributed by atoms with Crippen LogP contribution in [0.4, 0.5) is 14.5 Å². The molecule has 3 aromatic rings. The molecule has 2 saturated carbocycles. The summed E-state index contributed by atoms with van der Waals surface area (Å²) in [5.74, 6) is 0.186. The Morgan fingerprint density at radius 2 is 1.81 bits per heavy atom. The van der Waals surface area contributed by atoms with E-state index in [-0.39, 0.29) is 35.9 Å². The number of hydrogen-bond acceptors (Lipinski definition) is 2. The van der Waals surface area contributed by atoms with Crippen LogP contribution in [-0.2, 0) is 4.79 Å². The van der Waals surface area contributed by atoms with Crippen LogP contribution in [0.25, 0.3) is 10.9 Å². The zero-order valence-corrected chi connectivity index (χ0v) is 17.7. The summed E-state index contributed by atoms with van der Waals surface area (Å²) in [5.41, 5.74) is 1.04. The van der Waals surface area contributed by atoms with E-state index in [1.54, 1.807) is 42.6 Å². The number of rotatable bonds is 4. The minimum Gasteiger partial charge on any atom is -0.326 e. The predicted molar refractivity (Wildman–Crippen MR) is 118 cm³/mol. The van der Waals surface area contributed by atoms with Crippen LogP contribution in [-0.4, -0.2) is 16.6 Å². The largest absolute Gasteiger partial charge is 0.326 e. The van der Waals surface area contributed by atoms with Gasteiger partial charge in [-0.3, -0.25) is 9.78 Å². The van der Waals surface area contributed by atoms with Crippen molar-refractivity contribution >= 4 is 34.1 Å². The maximum Gasteiger partial charge on any atom is 0.227 e. The van der Waals surface area contributed by atoms with Gasteiger partial charge in [-0.15, -0.1) is 0 Å². The molecule has 2 fully saturated rings. The van der Waals surface area contributed by atoms with Gasteiger partial charge in [-0.25, -0.2) is 8.78 Å². The standard InChI is InChI=1S/C25H23ClF2N2O/c26-18-1-4-20(5-2-18)30-24(31)14-25(28)12-16-9-15(10-17(16)13-25)21-7-8-29-23-6-3-19(27)11-22(21)23/h1-8,11,15-17H,9-10,12-14H2,(H,30,31)/t15?,16-,17+,25?. The highest BCUT2D eigenvalue weighted by atomic mass is 35.5. The maximum atomic E-state index is 15.5. The van der Waals surface area contributed by atoms with Crippen LogP contribution in [0, 0.1) is 17.7 Å². The Morgan fingerprint density at radius 3 is 2.52 bits per heavy atom. The Morgan fingerprint density at radius 1 is 1.10 bits per heavy atom. The number of benzene rings is 2. The molecule has 0 spiro atoms. The molecule has 1 heterocycles. The third kappa shape index (κ3) is 4.16. The van der Waals surface area contributed by atoms with Gasteiger partial charge in [0.1, 0.15) is 11.5 Å². The number of hydrogen-bond donors (Lipinski definition) is 1. The molecule has 0 bridgehead atoms. The van der Waals surface area contributed by atoms with Gasteiger partial charge in [-0.2, -0.15) is 0 Å². The van der Waals surface area contributed by atoms with Crippen LogP contribution < -0.4 is 5.32 Å². The van der Waals surface area contributed by atoms with E-state index in [2.05, 4.69) is 10.3 Å². The first-order valence-corrected chi connectivity index (χ1v) is 11.0. The van der Waals surface area contributed by atoms with Crippen molar-refractivity contribution in [3.63, 3.8) is 0 Å². The second-order valence-corrected chi connectivity index (χ2v) is 9.48. The zero-order chi connectivity index (χ0) is 21.6. The van der Waals surface area contributed by atoms with Gasteiger partial charge < -0.3 is 5.32 Å². The first-order chi connectivity index (χ1) is 14.9. The van der Waals surface area contributed by atoms with Crippen LogP contribution in [0.15, 0.2) is 54.7 Å². The lowest BCUT2D eigenvalue weighted by Crippen LogP contribution is -2.28. The molecule has 3 nitrogen and oxygen atoms in total. The predicted octanol–water partition coefficient (Wildman–Crippen LogP) is 6.67. The number of halogens is 3. The monoisotopic (exact) mass is 440 g/mol. The molecule has 0 radical (unpaired) electrons. The Hall–Kier alpha value is -2.53. The van der Waals surface area contributed by atoms with Crippen molar-refractivity contribution in [2.75, 3.05) is 5.32 Å². The summed E-state index contributed by atoms with van der Waals surface area (Å²) in [6, 6.07) is 13.4. The first-order valence-electron chi connectivity index (χ1n) is 10.7. The third-order valence-electron chi connectivity index (χ3n) is 6.88. The highest BCUT2D eigenvalue weighted by molar-refractivity contribution is 6.30. The van der Waals surface area contributed by atoms with E-state index < -0.39 is 5.67 Å². The van der Waals surface area contributed by atoms with Crippen molar-refractivity contribution in [2.45, 2.75) is 43.7 Å². The fourth-order valence-corrected chi connectivity index (χ4v) is 5.78. The van der Waals surface area contributed by atoms with Gasteiger partial charge in [0, 0.05) is 22.3 Å². The van der Waals surface area contributed by atoms with Crippen molar-refractivity contribution < 1.29 is 13.6 Å². The van der Waals surface area contributed by atoms with E-state index in [0.717, 1.165) is 29.3 Å². The Kier molecular flexibility index (Phi) is 5.17. The van der Waals surface area contributed by atoms with Crippen LogP contribution in [0.1, 0.15) is 43.6 Å². The van der Waals surface area contributed by atoms with Gasteiger partial charge >= 0.3 is 0 Å². The van der Waals surface area contributed by atoms with Gasteiger partial charge in [-0.05, 0) is 97.5 Å². The molecule has 6 heteroatoms. The van der Waals surface area contributed by atoms with Gasteiger partial charge in [-0.1, -0.05) is 11.6 Å². The summed E-state index contributed by atoms with van der Waals surface area (Å²) >= 11 is 5.86. The molecule has 1 N–H and O–H groups in total. The lowest BCUT2D eigenvalue weighted by Gasteiger charge is -2.22. The molecule has 1 aromatic heterocycles. The number of carbonyl (C=O) groups excluding carboxylic acids is 1. The van der Waals surface area contributed by atoms with Gasteiger partial charge in [0.05, 0.1) is 11.9 Å². The van der Waals surface area contributed by atoms with Crippen LogP contribution >= 0.6 is 11.6 Å². The van der Waals surface area contributed by atoms with E-state index in [4.69, 9.17) is 11.6 Å². The fraction of sp³-hybridized carbons (Fsp3) is 0.360. The number of aromatic nitrogens is 1. The molecule has 5 rings (SSSR count). The minimum absolute atomic E-state index is 0.128. The molecule has 2 aromatic carbocycles. The molecule has 2 aliphatic carbocycles. The number of alkyl halides is 1. The lowest BCUT2D eigenvalue weighted by atomic mass is 9.88. The molecule has 0 saturated heterocycles. The van der Waals surface area contributed by atoms with E-state index in [9.17, 15) is 9.18 Å². The van der Waals surface area contributed by atoms with Crippen LogP contribution in [0.5, 0.6) is 0 Å². The zero-order valence-electron chi connectivity index (χ0n) is 17.0. The van der Waals surface area contributed by atoms with Crippen molar-refractivity contribution in [1.82, 2.24) is 4.98 Å². The highest BCUT2D eigenvalue weighted by Crippen LogP contribution is 2.56. The molecular formula is C25H23ClF2N2O. The molecule has 1 amide bonds. The van der Waals surface area contributed by atoms with E-state index in [1.165, 1.54) is 6.07 Å². The van der Waals surface area contributed by atoms with Crippen LogP contribution in [0.3, 0.4) is 0 Å². The number of carbonyl (C=O) groups is 1. The Balaban J connectivity index is 1.25. The van der Waals surface area contributed by atoms with Crippen molar-refractivity contribution in [2.24, 2.45) is 11.8 Å². The molecule has 0 aliphatic heterocycles. The summed E-state index contributed by atoms with van der Waals surface area (Å²) in [4.78, 5) is 16.8. The fourth-order valence-electron chi connectivity index (χ4n) is 5.66. The molecule has 160 valence electrons. The van der Waals surface area contributed by atoms with E-state index in [1.807, 2.05) is 6.07 Å². The lowest BCUT2D eigenvalue weighted by molar-refractivity contribution is -0.118. The molecule has 31 heavy (non-hydrogen) atoms. The summed E-state index contributed by atoms with van der Waals surface area (Å²) in [5, 5.41) is 4.20. The van der Waals surface area contributed by atoms with Crippen molar-refractivity contribution in [1.29, 1.82) is 0 Å². The van der Waals surface area contributed by atoms with Gasteiger partial charge in [0.25, 0.3) is 0 Å². The molecule has 2 aliphatic rings. The topological polar surface area (TPSA) is 42.0 Å². The first kappa shape index (κ1) is 20.4. The van der Waals surface area contributed by atoms with Crippen LogP contribution in [0.2, 0.25) is 5.02 Å². The number of amides is 1. The maximum absolute atomic E-state index is 15.5. The summed E-state index contributed by atoms with van der Waals surface area (Å²) in [7, 11) is 0. The summed E-state index contributed by atoms with van der Waals surface area (Å²) in [6.45, 7) is 0. The normalized spacial score (nSPS) is 27.4. The summed E-state index contributed by atoms with van der Waals surface area (Å²) < 4.78 is 29.4. The van der Waals surface area contributed by atoms with Crippen molar-refractivity contribution in [3.05, 3.63) is 71.1 Å². The quantitative estimate of drug-likeness (QED) is 0.492. The molecular weight excluding hydrogens is 418 g/mol. The van der Waals surface area contributed by atoms with Gasteiger partial charge in [0.2, 0.25) is 5.91 Å². The molecule has 4 atom stereocenters. The Labute approximate surface area is 184 Å². The number of fused-ring (bicyclic) bond motifs is 2.